The topological polar surface area (TPSA) is 55.1 Å². The Labute approximate surface area is 106 Å². The fourth-order valence-corrected chi connectivity index (χ4v) is 2.69. The maximum absolute atomic E-state index is 12.3. The number of hydrogen-bond donors (Lipinski definition) is 2. The van der Waals surface area contributed by atoms with E-state index in [0.29, 0.717) is 6.54 Å². The lowest BCUT2D eigenvalue weighted by Gasteiger charge is -2.29. The van der Waals surface area contributed by atoms with Gasteiger partial charge < -0.3 is 11.1 Å². The van der Waals surface area contributed by atoms with Gasteiger partial charge in [0, 0.05) is 13.1 Å². The molecule has 0 unspecified atom stereocenters. The molecule has 0 atom stereocenters. The molecular weight excluding hydrogens is 212 g/mol. The molecule has 0 radical (unpaired) electrons. The Hall–Kier alpha value is -0.570. The zero-order valence-electron chi connectivity index (χ0n) is 11.3. The Morgan fingerprint density at radius 3 is 2.35 bits per heavy atom. The van der Waals surface area contributed by atoms with Gasteiger partial charge in [0.1, 0.15) is 0 Å². The van der Waals surface area contributed by atoms with Crippen molar-refractivity contribution in [1.82, 2.24) is 5.32 Å². The van der Waals surface area contributed by atoms with Crippen LogP contribution >= 0.6 is 0 Å². The second-order valence-corrected chi connectivity index (χ2v) is 5.36. The summed E-state index contributed by atoms with van der Waals surface area (Å²) in [6.45, 7) is 3.50. The quantitative estimate of drug-likeness (QED) is 0.554. The molecule has 3 N–H and O–H groups in total. The Kier molecular flexibility index (Phi) is 6.56. The van der Waals surface area contributed by atoms with Crippen LogP contribution in [0.25, 0.3) is 0 Å². The van der Waals surface area contributed by atoms with Gasteiger partial charge in [0.2, 0.25) is 5.91 Å². The average molecular weight is 240 g/mol. The molecular formula is C14H28N2O. The third kappa shape index (κ3) is 4.30. The summed E-state index contributed by atoms with van der Waals surface area (Å²) in [5, 5.41) is 3.09. The zero-order valence-corrected chi connectivity index (χ0v) is 11.3. The molecule has 0 heterocycles. The van der Waals surface area contributed by atoms with Crippen LogP contribution in [0.2, 0.25) is 0 Å². The lowest BCUT2D eigenvalue weighted by atomic mass is 9.79. The van der Waals surface area contributed by atoms with Gasteiger partial charge in [0.25, 0.3) is 0 Å². The Morgan fingerprint density at radius 2 is 1.82 bits per heavy atom. The molecule has 17 heavy (non-hydrogen) atoms. The van der Waals surface area contributed by atoms with Gasteiger partial charge in [-0.2, -0.15) is 0 Å². The minimum absolute atomic E-state index is 0.206. The van der Waals surface area contributed by atoms with E-state index in [1.165, 1.54) is 25.7 Å². The van der Waals surface area contributed by atoms with E-state index < -0.39 is 0 Å². The molecule has 1 aliphatic rings. The highest BCUT2D eigenvalue weighted by Gasteiger charge is 2.36. The highest BCUT2D eigenvalue weighted by Crippen LogP contribution is 2.34. The van der Waals surface area contributed by atoms with Crippen molar-refractivity contribution in [2.45, 2.75) is 64.7 Å². The van der Waals surface area contributed by atoms with E-state index in [-0.39, 0.29) is 11.3 Å². The van der Waals surface area contributed by atoms with E-state index in [4.69, 9.17) is 5.73 Å². The number of unbranched alkanes of at least 4 members (excludes halogenated alkanes) is 2. The molecule has 0 aromatic rings. The monoisotopic (exact) mass is 240 g/mol. The summed E-state index contributed by atoms with van der Waals surface area (Å²) < 4.78 is 0. The van der Waals surface area contributed by atoms with Gasteiger partial charge in [-0.1, -0.05) is 45.4 Å². The molecule has 0 spiro atoms. The Balaban J connectivity index is 2.43. The number of hydrogen-bond acceptors (Lipinski definition) is 2. The van der Waals surface area contributed by atoms with E-state index in [1.807, 2.05) is 0 Å². The van der Waals surface area contributed by atoms with Crippen LogP contribution in [-0.4, -0.2) is 19.0 Å². The Bertz CT molecular complexity index is 220. The number of carbonyl (C=O) groups excluding carboxylic acids is 1. The average Bonchev–Trinajstić information content (AvgIpc) is 2.60. The molecule has 0 saturated heterocycles. The van der Waals surface area contributed by atoms with Crippen LogP contribution in [0, 0.1) is 5.41 Å². The molecule has 0 bridgehead atoms. The molecule has 1 fully saturated rings. The normalized spacial score (nSPS) is 19.6. The number of carbonyl (C=O) groups is 1. The highest BCUT2D eigenvalue weighted by atomic mass is 16.2. The summed E-state index contributed by atoms with van der Waals surface area (Å²) in [4.78, 5) is 12.3. The lowest BCUT2D eigenvalue weighted by molar-refractivity contribution is -0.131. The minimum atomic E-state index is -0.261. The van der Waals surface area contributed by atoms with Gasteiger partial charge >= 0.3 is 0 Å². The molecule has 100 valence electrons. The van der Waals surface area contributed by atoms with E-state index in [2.05, 4.69) is 12.2 Å². The van der Waals surface area contributed by atoms with Crippen molar-refractivity contribution in [2.75, 3.05) is 13.1 Å². The van der Waals surface area contributed by atoms with Crippen molar-refractivity contribution in [3.05, 3.63) is 0 Å². The summed E-state index contributed by atoms with van der Waals surface area (Å²) in [5.41, 5.74) is 5.62. The van der Waals surface area contributed by atoms with Crippen molar-refractivity contribution in [2.24, 2.45) is 11.1 Å². The minimum Gasteiger partial charge on any atom is -0.356 e. The van der Waals surface area contributed by atoms with E-state index >= 15 is 0 Å². The predicted octanol–water partition coefficient (Wildman–Crippen LogP) is 2.59. The molecule has 1 amide bonds. The van der Waals surface area contributed by atoms with Crippen molar-refractivity contribution >= 4 is 5.91 Å². The second kappa shape index (κ2) is 7.70. The molecule has 3 nitrogen and oxygen atoms in total. The van der Waals surface area contributed by atoms with E-state index in [9.17, 15) is 4.79 Å². The first-order valence-corrected chi connectivity index (χ1v) is 7.23. The third-order valence-corrected chi connectivity index (χ3v) is 4.00. The van der Waals surface area contributed by atoms with Crippen molar-refractivity contribution in [3.8, 4) is 0 Å². The molecule has 1 aliphatic carbocycles. The maximum Gasteiger partial charge on any atom is 0.227 e. The van der Waals surface area contributed by atoms with E-state index in [1.54, 1.807) is 0 Å². The number of nitrogens with one attached hydrogen (secondary N) is 1. The van der Waals surface area contributed by atoms with E-state index in [0.717, 1.165) is 38.6 Å². The first-order valence-electron chi connectivity index (χ1n) is 7.23. The summed E-state index contributed by atoms with van der Waals surface area (Å²) in [7, 11) is 0. The number of nitrogens with two attached hydrogens (primary N) is 1. The van der Waals surface area contributed by atoms with Gasteiger partial charge in [-0.25, -0.2) is 0 Å². The second-order valence-electron chi connectivity index (χ2n) is 5.36. The van der Waals surface area contributed by atoms with Crippen LogP contribution in [0.1, 0.15) is 64.7 Å². The van der Waals surface area contributed by atoms with Gasteiger partial charge in [-0.15, -0.1) is 0 Å². The van der Waals surface area contributed by atoms with Crippen molar-refractivity contribution < 1.29 is 4.79 Å². The predicted molar refractivity (Wildman–Crippen MR) is 71.7 cm³/mol. The number of rotatable bonds is 6. The SMILES string of the molecule is CCCCCNC(=O)C1(CN)CCCCCC1. The molecule has 1 saturated carbocycles. The summed E-state index contributed by atoms with van der Waals surface area (Å²) in [6, 6.07) is 0. The van der Waals surface area contributed by atoms with Gasteiger partial charge in [-0.3, -0.25) is 4.79 Å². The molecule has 0 aliphatic heterocycles. The van der Waals surface area contributed by atoms with Gasteiger partial charge in [0.05, 0.1) is 5.41 Å². The lowest BCUT2D eigenvalue weighted by Crippen LogP contribution is -2.46. The van der Waals surface area contributed by atoms with Crippen LogP contribution in [0.5, 0.6) is 0 Å². The first-order chi connectivity index (χ1) is 8.25. The largest absolute Gasteiger partial charge is 0.356 e. The Morgan fingerprint density at radius 1 is 1.18 bits per heavy atom. The van der Waals surface area contributed by atoms with Crippen LogP contribution in [0.15, 0.2) is 0 Å². The van der Waals surface area contributed by atoms with Crippen LogP contribution in [0.4, 0.5) is 0 Å². The fourth-order valence-electron chi connectivity index (χ4n) is 2.69. The van der Waals surface area contributed by atoms with Gasteiger partial charge in [0.15, 0.2) is 0 Å². The molecule has 0 aromatic heterocycles. The zero-order chi connectivity index (χ0) is 12.6. The maximum atomic E-state index is 12.3. The fraction of sp³-hybridized carbons (Fsp3) is 0.929. The summed E-state index contributed by atoms with van der Waals surface area (Å²) in [6.07, 6.45) is 10.2. The standard InChI is InChI=1S/C14H28N2O/c1-2-3-8-11-16-13(17)14(12-15)9-6-4-5-7-10-14/h2-12,15H2,1H3,(H,16,17). The van der Waals surface area contributed by atoms with Crippen LogP contribution in [-0.2, 0) is 4.79 Å². The van der Waals surface area contributed by atoms with Gasteiger partial charge in [-0.05, 0) is 19.3 Å². The smallest absolute Gasteiger partial charge is 0.227 e. The molecule has 1 rings (SSSR count). The molecule has 3 heteroatoms. The number of amides is 1. The summed E-state index contributed by atoms with van der Waals surface area (Å²) >= 11 is 0. The first kappa shape index (κ1) is 14.5. The van der Waals surface area contributed by atoms with Crippen LogP contribution < -0.4 is 11.1 Å². The van der Waals surface area contributed by atoms with Crippen molar-refractivity contribution in [1.29, 1.82) is 0 Å². The molecule has 0 aromatic carbocycles. The third-order valence-electron chi connectivity index (χ3n) is 4.00. The van der Waals surface area contributed by atoms with Crippen LogP contribution in [0.3, 0.4) is 0 Å². The highest BCUT2D eigenvalue weighted by molar-refractivity contribution is 5.82. The summed E-state index contributed by atoms with van der Waals surface area (Å²) in [5.74, 6) is 0.206. The van der Waals surface area contributed by atoms with Crippen molar-refractivity contribution in [3.63, 3.8) is 0 Å².